The largest absolute Gasteiger partial charge is 0.365 e. The van der Waals surface area contributed by atoms with Gasteiger partial charge in [-0.05, 0) is 38.1 Å². The molecular formula is C18H17BrN2O2. The van der Waals surface area contributed by atoms with Crippen LogP contribution in [0.2, 0.25) is 0 Å². The molecule has 0 spiro atoms. The molecule has 0 radical (unpaired) electrons. The average Bonchev–Trinajstić information content (AvgIpc) is 2.84. The van der Waals surface area contributed by atoms with Gasteiger partial charge in [0.1, 0.15) is 0 Å². The second kappa shape index (κ2) is 5.91. The van der Waals surface area contributed by atoms with Crippen LogP contribution in [0.3, 0.4) is 0 Å². The van der Waals surface area contributed by atoms with Crippen molar-refractivity contribution < 1.29 is 9.90 Å². The van der Waals surface area contributed by atoms with E-state index in [1.807, 2.05) is 38.1 Å². The lowest BCUT2D eigenvalue weighted by Crippen LogP contribution is -2.43. The lowest BCUT2D eigenvalue weighted by Gasteiger charge is -2.31. The van der Waals surface area contributed by atoms with Gasteiger partial charge in [-0.3, -0.25) is 4.79 Å². The van der Waals surface area contributed by atoms with Gasteiger partial charge in [-0.25, -0.2) is 0 Å². The molecule has 1 atom stereocenters. The molecule has 0 aliphatic carbocycles. The molecule has 2 aromatic rings. The summed E-state index contributed by atoms with van der Waals surface area (Å²) in [6.45, 7) is 3.77. The molecular weight excluding hydrogens is 356 g/mol. The Hall–Kier alpha value is -1.98. The van der Waals surface area contributed by atoms with Crippen molar-refractivity contribution in [2.24, 2.45) is 5.10 Å². The first-order valence-corrected chi connectivity index (χ1v) is 8.13. The molecule has 4 nitrogen and oxygen atoms in total. The van der Waals surface area contributed by atoms with Crippen LogP contribution in [0.25, 0.3) is 0 Å². The van der Waals surface area contributed by atoms with Crippen LogP contribution < -0.4 is 0 Å². The fourth-order valence-corrected chi connectivity index (χ4v) is 2.96. The minimum absolute atomic E-state index is 0.298. The van der Waals surface area contributed by atoms with E-state index in [0.29, 0.717) is 17.5 Å². The molecule has 0 fully saturated rings. The third kappa shape index (κ3) is 2.94. The highest BCUT2D eigenvalue weighted by atomic mass is 79.9. The van der Waals surface area contributed by atoms with E-state index in [1.54, 1.807) is 24.3 Å². The van der Waals surface area contributed by atoms with E-state index in [0.717, 1.165) is 15.7 Å². The lowest BCUT2D eigenvalue weighted by molar-refractivity contribution is -0.0765. The molecule has 0 saturated heterocycles. The van der Waals surface area contributed by atoms with Crippen LogP contribution in [0.4, 0.5) is 0 Å². The van der Waals surface area contributed by atoms with Gasteiger partial charge in [0.2, 0.25) is 0 Å². The van der Waals surface area contributed by atoms with E-state index in [-0.39, 0.29) is 5.91 Å². The van der Waals surface area contributed by atoms with Crippen LogP contribution in [-0.2, 0) is 5.72 Å². The molecule has 0 unspecified atom stereocenters. The second-order valence-electron chi connectivity index (χ2n) is 5.82. The van der Waals surface area contributed by atoms with E-state index in [9.17, 15) is 9.90 Å². The summed E-state index contributed by atoms with van der Waals surface area (Å²) in [5.74, 6) is -0.313. The Morgan fingerprint density at radius 1 is 1.13 bits per heavy atom. The normalized spacial score (nSPS) is 20.5. The highest BCUT2D eigenvalue weighted by molar-refractivity contribution is 9.10. The predicted octanol–water partition coefficient (Wildman–Crippen LogP) is 3.82. The summed E-state index contributed by atoms with van der Waals surface area (Å²) < 4.78 is 0.914. The zero-order valence-corrected chi connectivity index (χ0v) is 14.5. The third-order valence-corrected chi connectivity index (χ3v) is 4.45. The standard InChI is InChI=1S/C18H17BrN2O2/c1-12-3-5-14(6-4-12)17(22)21-18(23,11-13(2)20-21)15-7-9-16(19)10-8-15/h3-10,23H,11H2,1-2H3/t18-/m0/s1. The molecule has 0 aromatic heterocycles. The van der Waals surface area contributed by atoms with Gasteiger partial charge in [-0.15, -0.1) is 0 Å². The maximum atomic E-state index is 12.8. The second-order valence-corrected chi connectivity index (χ2v) is 6.73. The fraction of sp³-hybridized carbons (Fsp3) is 0.222. The van der Waals surface area contributed by atoms with Gasteiger partial charge in [0.05, 0.1) is 0 Å². The minimum atomic E-state index is -1.45. The summed E-state index contributed by atoms with van der Waals surface area (Å²) >= 11 is 3.38. The SMILES string of the molecule is CC1=NN(C(=O)c2ccc(C)cc2)[C@@](O)(c2ccc(Br)cc2)C1. The Labute approximate surface area is 143 Å². The number of rotatable bonds is 2. The number of carbonyl (C=O) groups is 1. The molecule has 1 aliphatic rings. The predicted molar refractivity (Wildman–Crippen MR) is 93.1 cm³/mol. The summed E-state index contributed by atoms with van der Waals surface area (Å²) in [6.07, 6.45) is 0.298. The highest BCUT2D eigenvalue weighted by Crippen LogP contribution is 2.36. The van der Waals surface area contributed by atoms with Crippen molar-refractivity contribution in [3.8, 4) is 0 Å². The van der Waals surface area contributed by atoms with Gasteiger partial charge in [0.25, 0.3) is 5.91 Å². The summed E-state index contributed by atoms with van der Waals surface area (Å²) in [4.78, 5) is 12.8. The Balaban J connectivity index is 1.99. The molecule has 1 aliphatic heterocycles. The number of nitrogens with zero attached hydrogens (tertiary/aromatic N) is 2. The maximum absolute atomic E-state index is 12.8. The molecule has 118 valence electrons. The summed E-state index contributed by atoms with van der Waals surface area (Å²) in [5.41, 5.74) is 1.49. The van der Waals surface area contributed by atoms with Crippen LogP contribution in [0.5, 0.6) is 0 Å². The molecule has 5 heteroatoms. The van der Waals surface area contributed by atoms with Gasteiger partial charge >= 0.3 is 0 Å². The van der Waals surface area contributed by atoms with Crippen LogP contribution in [0.1, 0.15) is 34.8 Å². The Morgan fingerprint density at radius 3 is 2.35 bits per heavy atom. The van der Waals surface area contributed by atoms with E-state index in [1.165, 1.54) is 5.01 Å². The zero-order chi connectivity index (χ0) is 16.6. The van der Waals surface area contributed by atoms with Crippen molar-refractivity contribution in [2.45, 2.75) is 26.0 Å². The number of amides is 1. The maximum Gasteiger partial charge on any atom is 0.276 e. The molecule has 2 aromatic carbocycles. The van der Waals surface area contributed by atoms with Crippen LogP contribution in [0, 0.1) is 6.92 Å². The third-order valence-electron chi connectivity index (χ3n) is 3.92. The molecule has 0 saturated carbocycles. The van der Waals surface area contributed by atoms with Gasteiger partial charge in [-0.1, -0.05) is 45.8 Å². The van der Waals surface area contributed by atoms with Gasteiger partial charge in [0, 0.05) is 27.7 Å². The molecule has 23 heavy (non-hydrogen) atoms. The van der Waals surface area contributed by atoms with Crippen LogP contribution in [0.15, 0.2) is 58.1 Å². The smallest absolute Gasteiger partial charge is 0.276 e. The molecule has 1 heterocycles. The van der Waals surface area contributed by atoms with E-state index in [4.69, 9.17) is 0 Å². The molecule has 1 N–H and O–H groups in total. The Bertz CT molecular complexity index is 769. The molecule has 0 bridgehead atoms. The van der Waals surface area contributed by atoms with Crippen molar-refractivity contribution in [1.82, 2.24) is 5.01 Å². The Kier molecular flexibility index (Phi) is 4.08. The first-order valence-electron chi connectivity index (χ1n) is 7.34. The van der Waals surface area contributed by atoms with Crippen LogP contribution >= 0.6 is 15.9 Å². The summed E-state index contributed by atoms with van der Waals surface area (Å²) in [6, 6.07) is 14.5. The number of hydrazone groups is 1. The number of hydrogen-bond donors (Lipinski definition) is 1. The van der Waals surface area contributed by atoms with Gasteiger partial charge in [-0.2, -0.15) is 10.1 Å². The number of benzene rings is 2. The van der Waals surface area contributed by atoms with Crippen molar-refractivity contribution in [1.29, 1.82) is 0 Å². The van der Waals surface area contributed by atoms with Crippen LogP contribution in [-0.4, -0.2) is 21.7 Å². The number of halogens is 1. The van der Waals surface area contributed by atoms with E-state index < -0.39 is 5.72 Å². The highest BCUT2D eigenvalue weighted by Gasteiger charge is 2.45. The van der Waals surface area contributed by atoms with E-state index >= 15 is 0 Å². The fourth-order valence-electron chi connectivity index (χ4n) is 2.69. The van der Waals surface area contributed by atoms with E-state index in [2.05, 4.69) is 21.0 Å². The lowest BCUT2D eigenvalue weighted by atomic mass is 9.97. The van der Waals surface area contributed by atoms with Crippen molar-refractivity contribution in [2.75, 3.05) is 0 Å². The first kappa shape index (κ1) is 15.9. The van der Waals surface area contributed by atoms with Crippen molar-refractivity contribution >= 4 is 27.5 Å². The van der Waals surface area contributed by atoms with Gasteiger partial charge in [0.15, 0.2) is 5.72 Å². The first-order chi connectivity index (χ1) is 10.9. The monoisotopic (exact) mass is 372 g/mol. The minimum Gasteiger partial charge on any atom is -0.365 e. The number of hydrogen-bond acceptors (Lipinski definition) is 3. The zero-order valence-electron chi connectivity index (χ0n) is 13.0. The number of carbonyl (C=O) groups excluding carboxylic acids is 1. The Morgan fingerprint density at radius 2 is 1.74 bits per heavy atom. The quantitative estimate of drug-likeness (QED) is 0.870. The topological polar surface area (TPSA) is 52.9 Å². The molecule has 3 rings (SSSR count). The summed E-state index contributed by atoms with van der Waals surface area (Å²) in [5, 5.41) is 16.6. The van der Waals surface area contributed by atoms with Crippen molar-refractivity contribution in [3.63, 3.8) is 0 Å². The summed E-state index contributed by atoms with van der Waals surface area (Å²) in [7, 11) is 0. The molecule has 1 amide bonds. The number of aliphatic hydroxyl groups is 1. The average molecular weight is 373 g/mol. The van der Waals surface area contributed by atoms with Crippen molar-refractivity contribution in [3.05, 3.63) is 69.7 Å². The van der Waals surface area contributed by atoms with Gasteiger partial charge < -0.3 is 5.11 Å². The number of aryl methyl sites for hydroxylation is 1.